The third-order valence-electron chi connectivity index (χ3n) is 4.40. The van der Waals surface area contributed by atoms with Crippen LogP contribution in [-0.4, -0.2) is 37.8 Å². The molecule has 1 aromatic heterocycles. The number of hydrogen-bond acceptors (Lipinski definition) is 5. The van der Waals surface area contributed by atoms with Crippen molar-refractivity contribution in [2.45, 2.75) is 4.90 Å². The Kier molecular flexibility index (Phi) is 4.55. The molecule has 0 radical (unpaired) electrons. The number of fused-ring (bicyclic) bond motifs is 2. The molecule has 0 aliphatic heterocycles. The molecule has 6 nitrogen and oxygen atoms in total. The predicted octanol–water partition coefficient (Wildman–Crippen LogP) is 3.02. The van der Waals surface area contributed by atoms with E-state index in [0.29, 0.717) is 29.8 Å². The highest BCUT2D eigenvalue weighted by Crippen LogP contribution is 2.28. The van der Waals surface area contributed by atoms with E-state index in [2.05, 4.69) is 10.4 Å². The summed E-state index contributed by atoms with van der Waals surface area (Å²) in [6, 6.07) is 18.0. The highest BCUT2D eigenvalue weighted by atomic mass is 32.2. The van der Waals surface area contributed by atoms with Gasteiger partial charge in [-0.1, -0.05) is 36.4 Å². The van der Waals surface area contributed by atoms with Gasteiger partial charge in [0.2, 0.25) is 0 Å². The number of nitrogens with zero attached hydrogens (tertiary/aromatic N) is 2. The Morgan fingerprint density at radius 1 is 1.04 bits per heavy atom. The Balaban J connectivity index is 1.79. The first kappa shape index (κ1) is 17.5. The maximum atomic E-state index is 13.2. The zero-order valence-electron chi connectivity index (χ0n) is 14.8. The molecule has 138 valence electrons. The molecule has 1 heterocycles. The Bertz CT molecular complexity index is 1220. The molecule has 27 heavy (non-hydrogen) atoms. The lowest BCUT2D eigenvalue weighted by Crippen LogP contribution is -2.16. The number of aromatic nitrogens is 2. The van der Waals surface area contributed by atoms with Gasteiger partial charge in [-0.3, -0.25) is 0 Å². The first-order valence-corrected chi connectivity index (χ1v) is 10.0. The zero-order chi connectivity index (χ0) is 18.9. The second kappa shape index (κ2) is 7.02. The molecule has 0 spiro atoms. The second-order valence-electron chi connectivity index (χ2n) is 6.14. The van der Waals surface area contributed by atoms with Crippen LogP contribution in [0.25, 0.3) is 21.7 Å². The summed E-state index contributed by atoms with van der Waals surface area (Å²) in [5, 5.41) is 9.67. The summed E-state index contributed by atoms with van der Waals surface area (Å²) in [5.74, 6) is 0.614. The summed E-state index contributed by atoms with van der Waals surface area (Å²) < 4.78 is 33.2. The van der Waals surface area contributed by atoms with Gasteiger partial charge in [0.15, 0.2) is 0 Å². The SMILES string of the molecule is CNCCOc1cccc2c1cnn2S(=O)(=O)c1ccc2ccccc2c1. The van der Waals surface area contributed by atoms with Crippen LogP contribution in [0, 0.1) is 0 Å². The minimum absolute atomic E-state index is 0.202. The molecule has 7 heteroatoms. The van der Waals surface area contributed by atoms with Gasteiger partial charge in [0.05, 0.1) is 22.0 Å². The topological polar surface area (TPSA) is 73.2 Å². The monoisotopic (exact) mass is 381 g/mol. The normalized spacial score (nSPS) is 11.9. The molecule has 0 saturated carbocycles. The van der Waals surface area contributed by atoms with E-state index < -0.39 is 10.0 Å². The number of nitrogens with one attached hydrogen (secondary N) is 1. The van der Waals surface area contributed by atoms with Crippen molar-refractivity contribution < 1.29 is 13.2 Å². The highest BCUT2D eigenvalue weighted by molar-refractivity contribution is 7.90. The Labute approximate surface area is 157 Å². The molecule has 0 saturated heterocycles. The lowest BCUT2D eigenvalue weighted by atomic mass is 10.1. The summed E-state index contributed by atoms with van der Waals surface area (Å²) in [5.41, 5.74) is 0.491. The van der Waals surface area contributed by atoms with Gasteiger partial charge < -0.3 is 10.1 Å². The van der Waals surface area contributed by atoms with Crippen LogP contribution < -0.4 is 10.1 Å². The first-order chi connectivity index (χ1) is 13.1. The molecule has 1 N–H and O–H groups in total. The van der Waals surface area contributed by atoms with Gasteiger partial charge in [0.1, 0.15) is 12.4 Å². The quantitative estimate of drug-likeness (QED) is 0.520. The van der Waals surface area contributed by atoms with Gasteiger partial charge in [-0.25, -0.2) is 0 Å². The molecule has 0 aliphatic carbocycles. The lowest BCUT2D eigenvalue weighted by Gasteiger charge is -2.09. The summed E-state index contributed by atoms with van der Waals surface area (Å²) in [4.78, 5) is 0.202. The Morgan fingerprint density at radius 2 is 1.85 bits per heavy atom. The third kappa shape index (κ3) is 3.15. The Hall–Kier alpha value is -2.90. The van der Waals surface area contributed by atoms with Crippen molar-refractivity contribution in [2.24, 2.45) is 0 Å². The summed E-state index contributed by atoms with van der Waals surface area (Å²) in [7, 11) is -1.97. The van der Waals surface area contributed by atoms with Crippen LogP contribution >= 0.6 is 0 Å². The standard InChI is InChI=1S/C20H19N3O3S/c1-21-11-12-26-20-8-4-7-19-18(20)14-22-23(19)27(24,25)17-10-9-15-5-2-3-6-16(15)13-17/h2-10,13-14,21H,11-12H2,1H3. The van der Waals surface area contributed by atoms with E-state index in [9.17, 15) is 8.42 Å². The van der Waals surface area contributed by atoms with E-state index in [1.165, 1.54) is 6.20 Å². The fourth-order valence-electron chi connectivity index (χ4n) is 3.01. The van der Waals surface area contributed by atoms with Crippen LogP contribution in [0.2, 0.25) is 0 Å². The van der Waals surface area contributed by atoms with Crippen molar-refractivity contribution in [3.63, 3.8) is 0 Å². The summed E-state index contributed by atoms with van der Waals surface area (Å²) in [6.07, 6.45) is 1.53. The smallest absolute Gasteiger partial charge is 0.283 e. The molecule has 0 amide bonds. The predicted molar refractivity (Wildman–Crippen MR) is 106 cm³/mol. The van der Waals surface area contributed by atoms with Crippen LogP contribution in [0.3, 0.4) is 0 Å². The lowest BCUT2D eigenvalue weighted by molar-refractivity contribution is 0.322. The van der Waals surface area contributed by atoms with E-state index in [0.717, 1.165) is 14.9 Å². The van der Waals surface area contributed by atoms with Crippen LogP contribution in [0.5, 0.6) is 5.75 Å². The van der Waals surface area contributed by atoms with Crippen molar-refractivity contribution in [1.82, 2.24) is 14.5 Å². The third-order valence-corrected chi connectivity index (χ3v) is 5.99. The maximum Gasteiger partial charge on any atom is 0.283 e. The molecule has 4 rings (SSSR count). The van der Waals surface area contributed by atoms with Crippen molar-refractivity contribution in [3.8, 4) is 5.75 Å². The largest absolute Gasteiger partial charge is 0.491 e. The number of benzene rings is 3. The highest BCUT2D eigenvalue weighted by Gasteiger charge is 2.21. The first-order valence-electron chi connectivity index (χ1n) is 8.60. The molecular weight excluding hydrogens is 362 g/mol. The van der Waals surface area contributed by atoms with Crippen LogP contribution in [-0.2, 0) is 10.0 Å². The van der Waals surface area contributed by atoms with E-state index >= 15 is 0 Å². The summed E-state index contributed by atoms with van der Waals surface area (Å²) >= 11 is 0. The van der Waals surface area contributed by atoms with Crippen LogP contribution in [0.1, 0.15) is 0 Å². The number of likely N-dealkylation sites (N-methyl/N-ethyl adjacent to an activating group) is 1. The van der Waals surface area contributed by atoms with Gasteiger partial charge in [0, 0.05) is 6.54 Å². The fraction of sp³-hybridized carbons (Fsp3) is 0.150. The summed E-state index contributed by atoms with van der Waals surface area (Å²) in [6.45, 7) is 1.18. The van der Waals surface area contributed by atoms with Crippen molar-refractivity contribution >= 4 is 31.7 Å². The van der Waals surface area contributed by atoms with E-state index in [1.54, 1.807) is 30.3 Å². The minimum atomic E-state index is -3.82. The van der Waals surface area contributed by atoms with Crippen molar-refractivity contribution in [2.75, 3.05) is 20.2 Å². The fourth-order valence-corrected chi connectivity index (χ4v) is 4.31. The van der Waals surface area contributed by atoms with Crippen molar-refractivity contribution in [3.05, 3.63) is 66.9 Å². The average molecular weight is 381 g/mol. The van der Waals surface area contributed by atoms with Crippen molar-refractivity contribution in [1.29, 1.82) is 0 Å². The van der Waals surface area contributed by atoms with E-state index in [1.807, 2.05) is 37.4 Å². The Morgan fingerprint density at radius 3 is 2.67 bits per heavy atom. The van der Waals surface area contributed by atoms with Gasteiger partial charge in [0.25, 0.3) is 10.0 Å². The molecule has 0 aliphatic rings. The molecule has 4 aromatic rings. The number of rotatable bonds is 6. The van der Waals surface area contributed by atoms with Gasteiger partial charge in [-0.2, -0.15) is 17.6 Å². The average Bonchev–Trinajstić information content (AvgIpc) is 3.13. The number of ether oxygens (including phenoxy) is 1. The van der Waals surface area contributed by atoms with Gasteiger partial charge in [-0.15, -0.1) is 0 Å². The van der Waals surface area contributed by atoms with E-state index in [4.69, 9.17) is 4.74 Å². The molecule has 0 atom stereocenters. The van der Waals surface area contributed by atoms with Crippen LogP contribution in [0.4, 0.5) is 0 Å². The molecule has 3 aromatic carbocycles. The molecular formula is C20H19N3O3S. The minimum Gasteiger partial charge on any atom is -0.491 e. The van der Waals surface area contributed by atoms with Gasteiger partial charge in [-0.05, 0) is 42.1 Å². The maximum absolute atomic E-state index is 13.2. The van der Waals surface area contributed by atoms with Gasteiger partial charge >= 0.3 is 0 Å². The molecule has 0 bridgehead atoms. The zero-order valence-corrected chi connectivity index (χ0v) is 15.6. The molecule has 0 unspecified atom stereocenters. The van der Waals surface area contributed by atoms with E-state index in [-0.39, 0.29) is 4.90 Å². The number of hydrogen-bond donors (Lipinski definition) is 1. The molecule has 0 fully saturated rings. The van der Waals surface area contributed by atoms with Crippen LogP contribution in [0.15, 0.2) is 71.8 Å². The second-order valence-corrected chi connectivity index (χ2v) is 7.91.